The van der Waals surface area contributed by atoms with Crippen LogP contribution in [0.5, 0.6) is 0 Å². The van der Waals surface area contributed by atoms with Crippen LogP contribution in [0, 0.1) is 6.92 Å². The highest BCUT2D eigenvalue weighted by Crippen LogP contribution is 2.33. The molecule has 29 heavy (non-hydrogen) atoms. The first-order chi connectivity index (χ1) is 13.8. The highest BCUT2D eigenvalue weighted by Gasteiger charge is 2.37. The zero-order valence-electron chi connectivity index (χ0n) is 15.6. The molecule has 3 rings (SSSR count). The summed E-state index contributed by atoms with van der Waals surface area (Å²) in [5.41, 5.74) is 1.93. The number of hydrogen-bond acceptors (Lipinski definition) is 6. The second-order valence-electron chi connectivity index (χ2n) is 6.40. The van der Waals surface area contributed by atoms with E-state index in [2.05, 4.69) is 10.3 Å². The minimum Gasteiger partial charge on any atom is -0.545 e. The predicted molar refractivity (Wildman–Crippen MR) is 111 cm³/mol. The summed E-state index contributed by atoms with van der Waals surface area (Å²) in [6.07, 6.45) is -0.0381. The largest absolute Gasteiger partial charge is 0.545 e. The average molecular weight is 431 g/mol. The Hall–Kier alpha value is -2.84. The Morgan fingerprint density at radius 1 is 1.24 bits per heavy atom. The number of rotatable bonds is 5. The molecule has 9 heteroatoms. The lowest BCUT2D eigenvalue weighted by Gasteiger charge is -2.10. The first-order valence-electron chi connectivity index (χ1n) is 8.65. The van der Waals surface area contributed by atoms with Crippen LogP contribution in [0.3, 0.4) is 0 Å². The minimum atomic E-state index is -1.29. The number of carbonyl (C=O) groups excluding carboxylic acids is 3. The van der Waals surface area contributed by atoms with Gasteiger partial charge in [-0.1, -0.05) is 41.6 Å². The summed E-state index contributed by atoms with van der Waals surface area (Å²) >= 11 is 7.34. The molecule has 2 amide bonds. The van der Waals surface area contributed by atoms with Crippen LogP contribution in [-0.4, -0.2) is 40.1 Å². The molecule has 0 saturated carbocycles. The van der Waals surface area contributed by atoms with Crippen molar-refractivity contribution in [3.63, 3.8) is 0 Å². The van der Waals surface area contributed by atoms with Crippen LogP contribution < -0.4 is 10.4 Å². The van der Waals surface area contributed by atoms with Crippen molar-refractivity contribution in [2.24, 2.45) is 4.99 Å². The van der Waals surface area contributed by atoms with E-state index in [1.165, 1.54) is 40.9 Å². The number of nitrogens with one attached hydrogen (secondary N) is 1. The number of benzene rings is 2. The second-order valence-corrected chi connectivity index (χ2v) is 7.98. The lowest BCUT2D eigenvalue weighted by molar-refractivity contribution is -0.255. The Morgan fingerprint density at radius 3 is 2.59 bits per heavy atom. The van der Waals surface area contributed by atoms with E-state index in [-0.39, 0.29) is 23.8 Å². The van der Waals surface area contributed by atoms with E-state index in [4.69, 9.17) is 11.6 Å². The molecular formula is C20H17ClN3O4S-. The van der Waals surface area contributed by atoms with E-state index in [0.717, 1.165) is 5.56 Å². The van der Waals surface area contributed by atoms with Gasteiger partial charge in [0.05, 0.1) is 11.7 Å². The van der Waals surface area contributed by atoms with Crippen LogP contribution in [0.1, 0.15) is 22.3 Å². The maximum absolute atomic E-state index is 12.5. The summed E-state index contributed by atoms with van der Waals surface area (Å²) in [6, 6.07) is 11.0. The lowest BCUT2D eigenvalue weighted by Crippen LogP contribution is -2.30. The number of amides is 2. The van der Waals surface area contributed by atoms with E-state index < -0.39 is 11.2 Å². The quantitative estimate of drug-likeness (QED) is 0.785. The highest BCUT2D eigenvalue weighted by atomic mass is 35.5. The Bertz CT molecular complexity index is 1010. The first-order valence-corrected chi connectivity index (χ1v) is 9.91. The summed E-state index contributed by atoms with van der Waals surface area (Å²) in [5, 5.41) is 13.9. The molecule has 7 nitrogen and oxygen atoms in total. The third-order valence-corrected chi connectivity index (χ3v) is 6.01. The maximum Gasteiger partial charge on any atom is 0.242 e. The minimum absolute atomic E-state index is 0.0170. The number of nitrogens with zero attached hydrogens (tertiary/aromatic N) is 2. The molecule has 1 aliphatic rings. The van der Waals surface area contributed by atoms with Crippen molar-refractivity contribution in [3.05, 3.63) is 58.6 Å². The van der Waals surface area contributed by atoms with Crippen molar-refractivity contribution in [1.82, 2.24) is 4.90 Å². The van der Waals surface area contributed by atoms with Crippen LogP contribution >= 0.6 is 23.4 Å². The molecule has 1 N–H and O–H groups in total. The molecule has 2 aromatic rings. The molecule has 1 aliphatic heterocycles. The molecule has 0 aromatic heterocycles. The van der Waals surface area contributed by atoms with Gasteiger partial charge in [-0.3, -0.25) is 14.5 Å². The van der Waals surface area contributed by atoms with Crippen LogP contribution in [0.2, 0.25) is 5.02 Å². The van der Waals surface area contributed by atoms with Crippen molar-refractivity contribution >= 4 is 57.7 Å². The van der Waals surface area contributed by atoms with E-state index in [1.807, 2.05) is 13.0 Å². The molecular weight excluding hydrogens is 414 g/mol. The molecule has 0 spiro atoms. The van der Waals surface area contributed by atoms with Crippen LogP contribution in [0.15, 0.2) is 47.5 Å². The molecule has 1 fully saturated rings. The zero-order valence-corrected chi connectivity index (χ0v) is 17.2. The van der Waals surface area contributed by atoms with Gasteiger partial charge in [0.1, 0.15) is 5.25 Å². The van der Waals surface area contributed by atoms with Gasteiger partial charge >= 0.3 is 0 Å². The van der Waals surface area contributed by atoms with Gasteiger partial charge in [-0.2, -0.15) is 0 Å². The van der Waals surface area contributed by atoms with Crippen molar-refractivity contribution in [2.75, 3.05) is 12.4 Å². The first kappa shape index (κ1) is 20.9. The Morgan fingerprint density at radius 2 is 1.93 bits per heavy atom. The van der Waals surface area contributed by atoms with Gasteiger partial charge in [0.25, 0.3) is 0 Å². The Balaban J connectivity index is 1.67. The molecule has 1 heterocycles. The van der Waals surface area contributed by atoms with Gasteiger partial charge in [0.15, 0.2) is 5.17 Å². The fourth-order valence-corrected chi connectivity index (χ4v) is 4.00. The van der Waals surface area contributed by atoms with Gasteiger partial charge in [-0.05, 0) is 42.3 Å². The van der Waals surface area contributed by atoms with Crippen LogP contribution in [0.4, 0.5) is 11.4 Å². The molecule has 2 aromatic carbocycles. The topological polar surface area (TPSA) is 102 Å². The predicted octanol–water partition coefficient (Wildman–Crippen LogP) is 2.60. The van der Waals surface area contributed by atoms with E-state index in [0.29, 0.717) is 21.6 Å². The number of hydrogen-bond donors (Lipinski definition) is 1. The maximum atomic E-state index is 12.5. The van der Waals surface area contributed by atoms with Crippen LogP contribution in [-0.2, 0) is 9.59 Å². The molecule has 0 aliphatic carbocycles. The molecule has 0 bridgehead atoms. The van der Waals surface area contributed by atoms with Crippen molar-refractivity contribution < 1.29 is 19.5 Å². The van der Waals surface area contributed by atoms with Gasteiger partial charge in [-0.15, -0.1) is 0 Å². The number of aromatic carboxylic acids is 1. The summed E-state index contributed by atoms with van der Waals surface area (Å²) in [5.74, 6) is -1.86. The molecule has 150 valence electrons. The van der Waals surface area contributed by atoms with Gasteiger partial charge in [0, 0.05) is 24.2 Å². The number of halogens is 1. The summed E-state index contributed by atoms with van der Waals surface area (Å²) < 4.78 is 0. The summed E-state index contributed by atoms with van der Waals surface area (Å²) in [4.78, 5) is 41.6. The zero-order chi connectivity index (χ0) is 21.1. The highest BCUT2D eigenvalue weighted by molar-refractivity contribution is 8.15. The summed E-state index contributed by atoms with van der Waals surface area (Å²) in [7, 11) is 1.62. The fraction of sp³-hybridized carbons (Fsp3) is 0.200. The van der Waals surface area contributed by atoms with Crippen molar-refractivity contribution in [1.29, 1.82) is 0 Å². The second kappa shape index (κ2) is 8.67. The molecule has 1 saturated heterocycles. The standard InChI is InChI=1S/C20H18ClN3O4S/c1-11-14(21)4-3-5-15(11)23-20-24(2)18(26)16(29-20)10-17(25)22-13-8-6-12(7-9-13)19(27)28/h3-9,16H,10H2,1-2H3,(H,22,25)(H,27,28)/p-1/t16-/m0/s1. The number of carboxylic acids is 1. The summed E-state index contributed by atoms with van der Waals surface area (Å²) in [6.45, 7) is 1.85. The Kier molecular flexibility index (Phi) is 6.24. The number of thioether (sulfide) groups is 1. The number of carboxylic acid groups (broad SMARTS) is 1. The number of anilines is 1. The third kappa shape index (κ3) is 4.78. The van der Waals surface area contributed by atoms with E-state index >= 15 is 0 Å². The SMILES string of the molecule is Cc1c(Cl)cccc1N=C1S[C@@H](CC(=O)Nc2ccc(C(=O)[O-])cc2)C(=O)N1C. The normalized spacial score (nSPS) is 17.6. The van der Waals surface area contributed by atoms with Crippen molar-refractivity contribution in [3.8, 4) is 0 Å². The van der Waals surface area contributed by atoms with Gasteiger partial charge < -0.3 is 15.2 Å². The number of aliphatic imine (C=N–C) groups is 1. The molecule has 1 atom stereocenters. The van der Waals surface area contributed by atoms with E-state index in [9.17, 15) is 19.5 Å². The number of amidine groups is 1. The van der Waals surface area contributed by atoms with Gasteiger partial charge in [0.2, 0.25) is 11.8 Å². The number of carbonyl (C=O) groups is 3. The smallest absolute Gasteiger partial charge is 0.242 e. The van der Waals surface area contributed by atoms with Crippen LogP contribution in [0.25, 0.3) is 0 Å². The molecule has 0 unspecified atom stereocenters. The van der Waals surface area contributed by atoms with Crippen molar-refractivity contribution in [2.45, 2.75) is 18.6 Å². The molecule has 0 radical (unpaired) electrons. The lowest BCUT2D eigenvalue weighted by atomic mass is 10.2. The fourth-order valence-electron chi connectivity index (χ4n) is 2.69. The van der Waals surface area contributed by atoms with Gasteiger partial charge in [-0.25, -0.2) is 4.99 Å². The average Bonchev–Trinajstić information content (AvgIpc) is 2.93. The van der Waals surface area contributed by atoms with E-state index in [1.54, 1.807) is 19.2 Å². The third-order valence-electron chi connectivity index (χ3n) is 4.37. The Labute approximate surface area is 176 Å². The monoisotopic (exact) mass is 430 g/mol.